The molecule has 74 valence electrons. The van der Waals surface area contributed by atoms with E-state index in [4.69, 9.17) is 5.73 Å². The van der Waals surface area contributed by atoms with Crippen LogP contribution in [0.4, 0.5) is 10.6 Å². The monoisotopic (exact) mass is 192 g/mol. The molecule has 0 atom stereocenters. The smallest absolute Gasteiger partial charge is 0.320 e. The number of anilines is 1. The SMILES string of the molecule is Cc1nc(C)c2c(n1)N(C(N)=O)CC2. The maximum Gasteiger partial charge on any atom is 0.320 e. The highest BCUT2D eigenvalue weighted by atomic mass is 16.2. The number of aryl methyl sites for hydroxylation is 2. The summed E-state index contributed by atoms with van der Waals surface area (Å²) in [7, 11) is 0. The first-order valence-electron chi connectivity index (χ1n) is 4.50. The summed E-state index contributed by atoms with van der Waals surface area (Å²) >= 11 is 0. The van der Waals surface area contributed by atoms with Crippen molar-refractivity contribution < 1.29 is 4.79 Å². The lowest BCUT2D eigenvalue weighted by Gasteiger charge is -2.13. The Kier molecular flexibility index (Phi) is 1.87. The Bertz CT molecular complexity index is 402. The van der Waals surface area contributed by atoms with Crippen LogP contribution in [0.2, 0.25) is 0 Å². The molecule has 0 aliphatic carbocycles. The van der Waals surface area contributed by atoms with Crippen molar-refractivity contribution in [3.05, 3.63) is 17.1 Å². The van der Waals surface area contributed by atoms with E-state index >= 15 is 0 Å². The highest BCUT2D eigenvalue weighted by Crippen LogP contribution is 2.27. The van der Waals surface area contributed by atoms with Crippen molar-refractivity contribution in [3.63, 3.8) is 0 Å². The van der Waals surface area contributed by atoms with Gasteiger partial charge in [0.15, 0.2) is 0 Å². The second-order valence-corrected chi connectivity index (χ2v) is 3.40. The first kappa shape index (κ1) is 8.93. The van der Waals surface area contributed by atoms with Crippen LogP contribution in [0, 0.1) is 13.8 Å². The molecule has 5 nitrogen and oxygen atoms in total. The quantitative estimate of drug-likeness (QED) is 0.651. The van der Waals surface area contributed by atoms with E-state index in [0.717, 1.165) is 17.7 Å². The molecule has 14 heavy (non-hydrogen) atoms. The molecule has 0 unspecified atom stereocenters. The maximum atomic E-state index is 11.1. The molecule has 2 rings (SSSR count). The third-order valence-corrected chi connectivity index (χ3v) is 2.41. The number of aromatic nitrogens is 2. The third-order valence-electron chi connectivity index (χ3n) is 2.41. The fraction of sp³-hybridized carbons (Fsp3) is 0.444. The van der Waals surface area contributed by atoms with E-state index in [1.807, 2.05) is 13.8 Å². The Balaban J connectivity index is 2.54. The number of nitrogens with two attached hydrogens (primary N) is 1. The van der Waals surface area contributed by atoms with E-state index in [1.165, 1.54) is 4.90 Å². The van der Waals surface area contributed by atoms with Gasteiger partial charge in [0.25, 0.3) is 0 Å². The summed E-state index contributed by atoms with van der Waals surface area (Å²) in [6.07, 6.45) is 0.796. The maximum absolute atomic E-state index is 11.1. The Morgan fingerprint density at radius 2 is 2.14 bits per heavy atom. The van der Waals surface area contributed by atoms with Crippen LogP contribution in [0.25, 0.3) is 0 Å². The number of hydrogen-bond donors (Lipinski definition) is 1. The second-order valence-electron chi connectivity index (χ2n) is 3.40. The number of carbonyl (C=O) groups is 1. The Morgan fingerprint density at radius 1 is 1.43 bits per heavy atom. The predicted molar refractivity (Wildman–Crippen MR) is 52.1 cm³/mol. The molecule has 2 N–H and O–H groups in total. The molecule has 2 heterocycles. The van der Waals surface area contributed by atoms with E-state index in [-0.39, 0.29) is 0 Å². The van der Waals surface area contributed by atoms with Gasteiger partial charge in [0.2, 0.25) is 0 Å². The molecular weight excluding hydrogens is 180 g/mol. The molecule has 0 fully saturated rings. The Morgan fingerprint density at radius 3 is 2.79 bits per heavy atom. The minimum Gasteiger partial charge on any atom is -0.351 e. The highest BCUT2D eigenvalue weighted by molar-refractivity contribution is 5.91. The molecule has 0 saturated heterocycles. The number of nitrogens with zero attached hydrogens (tertiary/aromatic N) is 3. The molecular formula is C9H12N4O. The standard InChI is InChI=1S/C9H12N4O/c1-5-7-3-4-13(9(10)14)8(7)12-6(2)11-5/h3-4H2,1-2H3,(H2,10,14). The summed E-state index contributed by atoms with van der Waals surface area (Å²) in [6.45, 7) is 4.35. The van der Waals surface area contributed by atoms with E-state index in [9.17, 15) is 4.79 Å². The second kappa shape index (κ2) is 2.94. The molecule has 0 bridgehead atoms. The number of urea groups is 1. The van der Waals surface area contributed by atoms with E-state index in [2.05, 4.69) is 9.97 Å². The minimum absolute atomic E-state index is 0.443. The number of amides is 2. The minimum atomic E-state index is -0.443. The summed E-state index contributed by atoms with van der Waals surface area (Å²) in [5.74, 6) is 1.36. The van der Waals surface area contributed by atoms with E-state index in [1.54, 1.807) is 0 Å². The lowest BCUT2D eigenvalue weighted by molar-refractivity contribution is 0.254. The van der Waals surface area contributed by atoms with Crippen LogP contribution in [0.3, 0.4) is 0 Å². The van der Waals surface area contributed by atoms with Crippen molar-refractivity contribution >= 4 is 11.8 Å². The van der Waals surface area contributed by atoms with Crippen LogP contribution in [0.15, 0.2) is 0 Å². The lowest BCUT2D eigenvalue weighted by Crippen LogP contribution is -2.34. The van der Waals surface area contributed by atoms with E-state index in [0.29, 0.717) is 18.2 Å². The van der Waals surface area contributed by atoms with Gasteiger partial charge in [-0.05, 0) is 20.3 Å². The van der Waals surface area contributed by atoms with Gasteiger partial charge in [0.05, 0.1) is 0 Å². The summed E-state index contributed by atoms with van der Waals surface area (Å²) in [6, 6.07) is -0.443. The number of hydrogen-bond acceptors (Lipinski definition) is 3. The van der Waals surface area contributed by atoms with Gasteiger partial charge in [-0.3, -0.25) is 4.90 Å². The molecule has 2 amide bonds. The molecule has 0 radical (unpaired) electrons. The normalized spacial score (nSPS) is 14.3. The molecule has 0 aromatic carbocycles. The van der Waals surface area contributed by atoms with Crippen LogP contribution < -0.4 is 10.6 Å². The van der Waals surface area contributed by atoms with Gasteiger partial charge < -0.3 is 5.73 Å². The molecule has 1 aromatic heterocycles. The van der Waals surface area contributed by atoms with Crippen molar-refractivity contribution in [2.75, 3.05) is 11.4 Å². The van der Waals surface area contributed by atoms with Crippen molar-refractivity contribution in [3.8, 4) is 0 Å². The molecule has 0 saturated carbocycles. The summed E-state index contributed by atoms with van der Waals surface area (Å²) < 4.78 is 0. The summed E-state index contributed by atoms with van der Waals surface area (Å²) in [5, 5.41) is 0. The average Bonchev–Trinajstić information content (AvgIpc) is 2.47. The highest BCUT2D eigenvalue weighted by Gasteiger charge is 2.26. The third kappa shape index (κ3) is 1.21. The summed E-state index contributed by atoms with van der Waals surface area (Å²) in [5.41, 5.74) is 7.22. The number of primary amides is 1. The molecule has 1 aromatic rings. The van der Waals surface area contributed by atoms with Crippen molar-refractivity contribution in [2.45, 2.75) is 20.3 Å². The molecule has 0 spiro atoms. The van der Waals surface area contributed by atoms with Crippen LogP contribution in [0.5, 0.6) is 0 Å². The molecule has 1 aliphatic heterocycles. The number of fused-ring (bicyclic) bond motifs is 1. The van der Waals surface area contributed by atoms with Crippen LogP contribution in [0.1, 0.15) is 17.1 Å². The van der Waals surface area contributed by atoms with Gasteiger partial charge in [0, 0.05) is 17.8 Å². The van der Waals surface area contributed by atoms with Gasteiger partial charge in [-0.1, -0.05) is 0 Å². The van der Waals surface area contributed by atoms with Gasteiger partial charge >= 0.3 is 6.03 Å². The number of carbonyl (C=O) groups excluding carboxylic acids is 1. The van der Waals surface area contributed by atoms with Crippen molar-refractivity contribution in [1.29, 1.82) is 0 Å². The van der Waals surface area contributed by atoms with Gasteiger partial charge in [-0.2, -0.15) is 0 Å². The van der Waals surface area contributed by atoms with Crippen LogP contribution >= 0.6 is 0 Å². The first-order chi connectivity index (χ1) is 6.59. The number of rotatable bonds is 0. The largest absolute Gasteiger partial charge is 0.351 e. The zero-order valence-electron chi connectivity index (χ0n) is 8.24. The predicted octanol–water partition coefficient (Wildman–Crippen LogP) is 0.535. The molecule has 1 aliphatic rings. The van der Waals surface area contributed by atoms with Gasteiger partial charge in [-0.25, -0.2) is 14.8 Å². The van der Waals surface area contributed by atoms with Crippen molar-refractivity contribution in [1.82, 2.24) is 9.97 Å². The Hall–Kier alpha value is -1.65. The summed E-state index contributed by atoms with van der Waals surface area (Å²) in [4.78, 5) is 21.1. The average molecular weight is 192 g/mol. The van der Waals surface area contributed by atoms with Gasteiger partial charge in [-0.15, -0.1) is 0 Å². The fourth-order valence-electron chi connectivity index (χ4n) is 1.78. The van der Waals surface area contributed by atoms with E-state index < -0.39 is 6.03 Å². The zero-order valence-corrected chi connectivity index (χ0v) is 8.24. The topological polar surface area (TPSA) is 72.1 Å². The van der Waals surface area contributed by atoms with Crippen LogP contribution in [-0.2, 0) is 6.42 Å². The zero-order chi connectivity index (χ0) is 10.3. The Labute approximate surface area is 82.0 Å². The van der Waals surface area contributed by atoms with Crippen molar-refractivity contribution in [2.24, 2.45) is 5.73 Å². The first-order valence-corrected chi connectivity index (χ1v) is 4.50. The molecule has 5 heteroatoms. The lowest BCUT2D eigenvalue weighted by atomic mass is 10.2. The van der Waals surface area contributed by atoms with Gasteiger partial charge in [0.1, 0.15) is 11.6 Å². The fourth-order valence-corrected chi connectivity index (χ4v) is 1.78. The van der Waals surface area contributed by atoms with Crippen LogP contribution in [-0.4, -0.2) is 22.5 Å².